The lowest BCUT2D eigenvalue weighted by Gasteiger charge is -2.39. The average Bonchev–Trinajstić information content (AvgIpc) is 2.74. The number of benzene rings is 1. The molecule has 3 rings (SSSR count). The van der Waals surface area contributed by atoms with Crippen LogP contribution in [0.3, 0.4) is 0 Å². The van der Waals surface area contributed by atoms with Gasteiger partial charge in [0.1, 0.15) is 0 Å². The Morgan fingerprint density at radius 2 is 2.26 bits per heavy atom. The number of amides is 1. The van der Waals surface area contributed by atoms with Gasteiger partial charge in [0.15, 0.2) is 11.6 Å². The highest BCUT2D eigenvalue weighted by Crippen LogP contribution is 2.38. The van der Waals surface area contributed by atoms with Gasteiger partial charge in [0.25, 0.3) is 0 Å². The summed E-state index contributed by atoms with van der Waals surface area (Å²) >= 11 is 0. The highest BCUT2D eigenvalue weighted by atomic mass is 19.2. The summed E-state index contributed by atoms with van der Waals surface area (Å²) in [5, 5.41) is 2.87. The van der Waals surface area contributed by atoms with Gasteiger partial charge in [-0.2, -0.15) is 0 Å². The molecule has 5 heteroatoms. The molecule has 1 aromatic rings. The minimum atomic E-state index is -0.937. The zero-order chi connectivity index (χ0) is 13.4. The molecular weight excluding hydrogens is 252 g/mol. The second-order valence-corrected chi connectivity index (χ2v) is 5.16. The van der Waals surface area contributed by atoms with Gasteiger partial charge in [-0.3, -0.25) is 4.79 Å². The molecule has 1 heterocycles. The molecule has 0 bridgehead atoms. The Hall–Kier alpha value is -1.49. The predicted octanol–water partition coefficient (Wildman–Crippen LogP) is 1.80. The summed E-state index contributed by atoms with van der Waals surface area (Å²) < 4.78 is 31.9. The number of carbonyl (C=O) groups is 1. The number of nitrogens with one attached hydrogen (secondary N) is 1. The first kappa shape index (κ1) is 12.5. The summed E-state index contributed by atoms with van der Waals surface area (Å²) in [5.41, 5.74) is 0.0936. The average molecular weight is 267 g/mol. The van der Waals surface area contributed by atoms with Gasteiger partial charge in [-0.1, -0.05) is 12.1 Å². The van der Waals surface area contributed by atoms with E-state index in [-0.39, 0.29) is 30.0 Å². The number of hydrogen-bond donors (Lipinski definition) is 1. The molecule has 1 N–H and O–H groups in total. The van der Waals surface area contributed by atoms with Gasteiger partial charge >= 0.3 is 0 Å². The standard InChI is InChI=1S/C14H15F2NO2/c15-10-3-1-2-8(14(10)16)6-13(18)17-11-7-12-9(11)4-5-19-12/h1-3,9,11-12H,4-7H2,(H,17,18)/t9-,11+,12+/m1/s1. The van der Waals surface area contributed by atoms with E-state index >= 15 is 0 Å². The summed E-state index contributed by atoms with van der Waals surface area (Å²) in [4.78, 5) is 11.8. The van der Waals surface area contributed by atoms with E-state index in [9.17, 15) is 13.6 Å². The third-order valence-electron chi connectivity index (χ3n) is 3.99. The van der Waals surface area contributed by atoms with Gasteiger partial charge in [-0.05, 0) is 18.9 Å². The second-order valence-electron chi connectivity index (χ2n) is 5.16. The molecule has 3 atom stereocenters. The van der Waals surface area contributed by atoms with Crippen molar-refractivity contribution >= 4 is 5.91 Å². The number of halogens is 2. The first-order valence-electron chi connectivity index (χ1n) is 6.49. The molecule has 0 spiro atoms. The smallest absolute Gasteiger partial charge is 0.224 e. The number of ether oxygens (including phenoxy) is 1. The molecule has 1 aromatic carbocycles. The highest BCUT2D eigenvalue weighted by Gasteiger charge is 2.45. The Morgan fingerprint density at radius 1 is 1.42 bits per heavy atom. The zero-order valence-electron chi connectivity index (χ0n) is 10.4. The third-order valence-corrected chi connectivity index (χ3v) is 3.99. The Balaban J connectivity index is 1.58. The summed E-state index contributed by atoms with van der Waals surface area (Å²) in [6.07, 6.45) is 1.93. The molecule has 0 unspecified atom stereocenters. The molecule has 1 aliphatic heterocycles. The monoisotopic (exact) mass is 267 g/mol. The quantitative estimate of drug-likeness (QED) is 0.907. The maximum Gasteiger partial charge on any atom is 0.224 e. The molecule has 1 aliphatic carbocycles. The van der Waals surface area contributed by atoms with Crippen molar-refractivity contribution in [1.29, 1.82) is 0 Å². The van der Waals surface area contributed by atoms with Crippen molar-refractivity contribution in [2.45, 2.75) is 31.4 Å². The molecule has 2 fully saturated rings. The third kappa shape index (κ3) is 2.34. The fraction of sp³-hybridized carbons (Fsp3) is 0.500. The van der Waals surface area contributed by atoms with Crippen LogP contribution in [0, 0.1) is 17.6 Å². The fourth-order valence-corrected chi connectivity index (χ4v) is 2.88. The van der Waals surface area contributed by atoms with Crippen LogP contribution in [0.2, 0.25) is 0 Å². The molecule has 0 radical (unpaired) electrons. The summed E-state index contributed by atoms with van der Waals surface area (Å²) in [6.45, 7) is 0.750. The van der Waals surface area contributed by atoms with Crippen LogP contribution in [0.4, 0.5) is 8.78 Å². The van der Waals surface area contributed by atoms with Crippen molar-refractivity contribution in [1.82, 2.24) is 5.32 Å². The minimum Gasteiger partial charge on any atom is -0.378 e. The minimum absolute atomic E-state index is 0.0936. The number of fused-ring (bicyclic) bond motifs is 1. The van der Waals surface area contributed by atoms with E-state index in [4.69, 9.17) is 4.74 Å². The first-order valence-corrected chi connectivity index (χ1v) is 6.49. The van der Waals surface area contributed by atoms with Crippen LogP contribution < -0.4 is 5.32 Å². The van der Waals surface area contributed by atoms with Gasteiger partial charge < -0.3 is 10.1 Å². The summed E-state index contributed by atoms with van der Waals surface area (Å²) in [5.74, 6) is -1.73. The van der Waals surface area contributed by atoms with Crippen molar-refractivity contribution < 1.29 is 18.3 Å². The molecule has 3 nitrogen and oxygen atoms in total. The lowest BCUT2D eigenvalue weighted by Crippen LogP contribution is -2.53. The van der Waals surface area contributed by atoms with Crippen molar-refractivity contribution in [3.8, 4) is 0 Å². The van der Waals surface area contributed by atoms with Crippen LogP contribution in [0.5, 0.6) is 0 Å². The molecule has 19 heavy (non-hydrogen) atoms. The van der Waals surface area contributed by atoms with Crippen LogP contribution in [-0.2, 0) is 16.0 Å². The van der Waals surface area contributed by atoms with Crippen LogP contribution >= 0.6 is 0 Å². The van der Waals surface area contributed by atoms with Crippen LogP contribution in [0.1, 0.15) is 18.4 Å². The van der Waals surface area contributed by atoms with E-state index in [1.807, 2.05) is 0 Å². The summed E-state index contributed by atoms with van der Waals surface area (Å²) in [6, 6.07) is 4.01. The number of hydrogen-bond acceptors (Lipinski definition) is 2. The zero-order valence-corrected chi connectivity index (χ0v) is 10.4. The van der Waals surface area contributed by atoms with E-state index < -0.39 is 11.6 Å². The van der Waals surface area contributed by atoms with Gasteiger partial charge in [0.05, 0.1) is 12.5 Å². The van der Waals surface area contributed by atoms with E-state index in [2.05, 4.69) is 5.32 Å². The second kappa shape index (κ2) is 4.89. The molecule has 102 valence electrons. The highest BCUT2D eigenvalue weighted by molar-refractivity contribution is 5.79. The lowest BCUT2D eigenvalue weighted by molar-refractivity contribution is -0.123. The van der Waals surface area contributed by atoms with Crippen LogP contribution in [0.25, 0.3) is 0 Å². The van der Waals surface area contributed by atoms with Crippen molar-refractivity contribution in [3.63, 3.8) is 0 Å². The topological polar surface area (TPSA) is 38.3 Å². The van der Waals surface area contributed by atoms with Gasteiger partial charge in [-0.15, -0.1) is 0 Å². The largest absolute Gasteiger partial charge is 0.378 e. The summed E-state index contributed by atoms with van der Waals surface area (Å²) in [7, 11) is 0. The molecule has 1 saturated carbocycles. The Morgan fingerprint density at radius 3 is 3.05 bits per heavy atom. The Labute approximate surface area is 109 Å². The van der Waals surface area contributed by atoms with E-state index in [1.54, 1.807) is 0 Å². The maximum atomic E-state index is 13.4. The van der Waals surface area contributed by atoms with Gasteiger partial charge in [0, 0.05) is 24.1 Å². The van der Waals surface area contributed by atoms with E-state index in [0.717, 1.165) is 25.5 Å². The van der Waals surface area contributed by atoms with Gasteiger partial charge in [0.2, 0.25) is 5.91 Å². The molecule has 0 aromatic heterocycles. The molecule has 1 saturated heterocycles. The van der Waals surface area contributed by atoms with Crippen molar-refractivity contribution in [2.75, 3.05) is 6.61 Å². The normalized spacial score (nSPS) is 28.6. The number of rotatable bonds is 3. The van der Waals surface area contributed by atoms with Crippen LogP contribution in [-0.4, -0.2) is 24.7 Å². The Bertz CT molecular complexity index is 506. The first-order chi connectivity index (χ1) is 9.15. The molecule has 2 aliphatic rings. The van der Waals surface area contributed by atoms with E-state index in [1.165, 1.54) is 12.1 Å². The van der Waals surface area contributed by atoms with Crippen molar-refractivity contribution in [3.05, 3.63) is 35.4 Å². The van der Waals surface area contributed by atoms with Crippen LogP contribution in [0.15, 0.2) is 18.2 Å². The number of carbonyl (C=O) groups excluding carboxylic acids is 1. The molecule has 1 amide bonds. The lowest BCUT2D eigenvalue weighted by atomic mass is 9.76. The van der Waals surface area contributed by atoms with Gasteiger partial charge in [-0.25, -0.2) is 8.78 Å². The Kier molecular flexibility index (Phi) is 3.22. The van der Waals surface area contributed by atoms with Crippen molar-refractivity contribution in [2.24, 2.45) is 5.92 Å². The fourth-order valence-electron chi connectivity index (χ4n) is 2.88. The SMILES string of the molecule is O=C(Cc1cccc(F)c1F)N[C@H]1C[C@@H]2OCC[C@H]12. The van der Waals surface area contributed by atoms with E-state index in [0.29, 0.717) is 5.92 Å². The predicted molar refractivity (Wildman–Crippen MR) is 64.5 cm³/mol. The molecular formula is C14H15F2NO2. The maximum absolute atomic E-state index is 13.4.